The number of ketones is 1. The molecule has 4 nitrogen and oxygen atoms in total. The SMILES string of the molecule is COc1ccc(Br)cc1/C=C/C(=O)c1c(O)cccc1OC. The van der Waals surface area contributed by atoms with E-state index in [-0.39, 0.29) is 17.1 Å². The van der Waals surface area contributed by atoms with Crippen molar-refractivity contribution < 1.29 is 19.4 Å². The summed E-state index contributed by atoms with van der Waals surface area (Å²) in [6.07, 6.45) is 3.01. The summed E-state index contributed by atoms with van der Waals surface area (Å²) < 4.78 is 11.2. The van der Waals surface area contributed by atoms with Crippen LogP contribution in [0.15, 0.2) is 46.9 Å². The third-order valence-corrected chi connectivity index (χ3v) is 3.57. The standard InChI is InChI=1S/C17H15BrO4/c1-21-15-9-7-12(18)10-11(15)6-8-14(20)17-13(19)4-3-5-16(17)22-2/h3-10,19H,1-2H3/b8-6+. The Bertz CT molecular complexity index is 723. The van der Waals surface area contributed by atoms with Crippen molar-refractivity contribution in [2.24, 2.45) is 0 Å². The fourth-order valence-corrected chi connectivity index (χ4v) is 2.40. The lowest BCUT2D eigenvalue weighted by Gasteiger charge is -2.08. The van der Waals surface area contributed by atoms with Crippen LogP contribution in [0, 0.1) is 0 Å². The molecule has 0 aromatic heterocycles. The van der Waals surface area contributed by atoms with Gasteiger partial charge in [-0.3, -0.25) is 4.79 Å². The molecule has 0 spiro atoms. The van der Waals surface area contributed by atoms with Crippen molar-refractivity contribution >= 4 is 27.8 Å². The first-order valence-corrected chi connectivity index (χ1v) is 7.28. The van der Waals surface area contributed by atoms with Crippen LogP contribution in [0.5, 0.6) is 17.2 Å². The van der Waals surface area contributed by atoms with Crippen molar-refractivity contribution in [3.63, 3.8) is 0 Å². The highest BCUT2D eigenvalue weighted by molar-refractivity contribution is 9.10. The van der Waals surface area contributed by atoms with E-state index >= 15 is 0 Å². The van der Waals surface area contributed by atoms with Gasteiger partial charge in [-0.2, -0.15) is 0 Å². The normalized spacial score (nSPS) is 10.7. The molecule has 0 bridgehead atoms. The molecule has 5 heteroatoms. The monoisotopic (exact) mass is 362 g/mol. The Hall–Kier alpha value is -2.27. The van der Waals surface area contributed by atoms with Gasteiger partial charge in [-0.05, 0) is 42.5 Å². The first-order valence-electron chi connectivity index (χ1n) is 6.48. The molecule has 0 aliphatic carbocycles. The average Bonchev–Trinajstić information content (AvgIpc) is 2.52. The molecule has 0 unspecified atom stereocenters. The maximum Gasteiger partial charge on any atom is 0.193 e. The summed E-state index contributed by atoms with van der Waals surface area (Å²) in [7, 11) is 3.01. The number of halogens is 1. The van der Waals surface area contributed by atoms with Crippen LogP contribution in [0.2, 0.25) is 0 Å². The van der Waals surface area contributed by atoms with E-state index in [1.165, 1.54) is 19.3 Å². The maximum absolute atomic E-state index is 12.3. The summed E-state index contributed by atoms with van der Waals surface area (Å²) in [5, 5.41) is 9.87. The van der Waals surface area contributed by atoms with Crippen LogP contribution >= 0.6 is 15.9 Å². The van der Waals surface area contributed by atoms with Crippen LogP contribution < -0.4 is 9.47 Å². The van der Waals surface area contributed by atoms with Crippen molar-refractivity contribution in [2.45, 2.75) is 0 Å². The number of benzene rings is 2. The third kappa shape index (κ3) is 3.49. The fourth-order valence-electron chi connectivity index (χ4n) is 2.02. The van der Waals surface area contributed by atoms with E-state index in [1.807, 2.05) is 12.1 Å². The van der Waals surface area contributed by atoms with Crippen molar-refractivity contribution in [1.82, 2.24) is 0 Å². The first kappa shape index (κ1) is 16.1. The van der Waals surface area contributed by atoms with E-state index in [9.17, 15) is 9.90 Å². The molecule has 0 heterocycles. The molecule has 0 saturated carbocycles. The molecule has 0 saturated heterocycles. The first-order chi connectivity index (χ1) is 10.6. The molecule has 114 valence electrons. The molecule has 2 rings (SSSR count). The van der Waals surface area contributed by atoms with Gasteiger partial charge in [0.15, 0.2) is 5.78 Å². The van der Waals surface area contributed by atoms with E-state index in [4.69, 9.17) is 9.47 Å². The van der Waals surface area contributed by atoms with Crippen LogP contribution in [0.25, 0.3) is 6.08 Å². The number of carbonyl (C=O) groups is 1. The molecular weight excluding hydrogens is 348 g/mol. The van der Waals surface area contributed by atoms with Gasteiger partial charge < -0.3 is 14.6 Å². The highest BCUT2D eigenvalue weighted by Crippen LogP contribution is 2.29. The number of rotatable bonds is 5. The predicted octanol–water partition coefficient (Wildman–Crippen LogP) is 4.07. The fraction of sp³-hybridized carbons (Fsp3) is 0.118. The molecular formula is C17H15BrO4. The average molecular weight is 363 g/mol. The zero-order chi connectivity index (χ0) is 16.1. The Morgan fingerprint density at radius 2 is 1.86 bits per heavy atom. The summed E-state index contributed by atoms with van der Waals surface area (Å²) in [6.45, 7) is 0. The highest BCUT2D eigenvalue weighted by Gasteiger charge is 2.14. The van der Waals surface area contributed by atoms with Crippen LogP contribution in [-0.2, 0) is 0 Å². The van der Waals surface area contributed by atoms with Crippen molar-refractivity contribution in [1.29, 1.82) is 0 Å². The summed E-state index contributed by atoms with van der Waals surface area (Å²) in [4.78, 5) is 12.3. The smallest absolute Gasteiger partial charge is 0.193 e. The van der Waals surface area contributed by atoms with Gasteiger partial charge in [0, 0.05) is 10.0 Å². The largest absolute Gasteiger partial charge is 0.507 e. The number of hydrogen-bond acceptors (Lipinski definition) is 4. The van der Waals surface area contributed by atoms with Crippen LogP contribution in [0.1, 0.15) is 15.9 Å². The second-order valence-electron chi connectivity index (χ2n) is 4.44. The Kier molecular flexibility index (Phi) is 5.22. The Morgan fingerprint density at radius 3 is 2.55 bits per heavy atom. The summed E-state index contributed by atoms with van der Waals surface area (Å²) in [6, 6.07) is 10.2. The number of hydrogen-bond donors (Lipinski definition) is 1. The van der Waals surface area contributed by atoms with Gasteiger partial charge in [0.1, 0.15) is 22.8 Å². The lowest BCUT2D eigenvalue weighted by atomic mass is 10.1. The molecule has 2 aromatic carbocycles. The van der Waals surface area contributed by atoms with Gasteiger partial charge in [0.25, 0.3) is 0 Å². The van der Waals surface area contributed by atoms with Gasteiger partial charge in [0.2, 0.25) is 0 Å². The number of phenols is 1. The number of ether oxygens (including phenoxy) is 2. The summed E-state index contributed by atoms with van der Waals surface area (Å²) >= 11 is 3.38. The number of methoxy groups -OCH3 is 2. The molecule has 0 aliphatic rings. The van der Waals surface area contributed by atoms with E-state index in [0.717, 1.165) is 10.0 Å². The number of phenolic OH excluding ortho intramolecular Hbond substituents is 1. The second kappa shape index (κ2) is 7.13. The summed E-state index contributed by atoms with van der Waals surface area (Å²) in [5.74, 6) is 0.513. The van der Waals surface area contributed by atoms with E-state index in [1.54, 1.807) is 31.4 Å². The minimum absolute atomic E-state index is 0.116. The quantitative estimate of drug-likeness (QED) is 0.643. The lowest BCUT2D eigenvalue weighted by Crippen LogP contribution is -1.99. The van der Waals surface area contributed by atoms with Gasteiger partial charge in [0.05, 0.1) is 14.2 Å². The number of aromatic hydroxyl groups is 1. The Labute approximate surface area is 137 Å². The van der Waals surface area contributed by atoms with Gasteiger partial charge in [-0.15, -0.1) is 0 Å². The number of allylic oxidation sites excluding steroid dienone is 1. The summed E-state index contributed by atoms with van der Waals surface area (Å²) in [5.41, 5.74) is 0.884. The molecule has 2 aromatic rings. The van der Waals surface area contributed by atoms with Crippen LogP contribution in [-0.4, -0.2) is 25.1 Å². The molecule has 0 aliphatic heterocycles. The number of carbonyl (C=O) groups excluding carboxylic acids is 1. The molecule has 0 amide bonds. The second-order valence-corrected chi connectivity index (χ2v) is 5.35. The molecule has 0 atom stereocenters. The molecule has 0 fully saturated rings. The zero-order valence-corrected chi connectivity index (χ0v) is 13.8. The maximum atomic E-state index is 12.3. The van der Waals surface area contributed by atoms with Gasteiger partial charge >= 0.3 is 0 Å². The zero-order valence-electron chi connectivity index (χ0n) is 12.2. The molecule has 22 heavy (non-hydrogen) atoms. The Morgan fingerprint density at radius 1 is 1.14 bits per heavy atom. The van der Waals surface area contributed by atoms with Gasteiger partial charge in [-0.1, -0.05) is 22.0 Å². The topological polar surface area (TPSA) is 55.8 Å². The van der Waals surface area contributed by atoms with Gasteiger partial charge in [-0.25, -0.2) is 0 Å². The van der Waals surface area contributed by atoms with Crippen molar-refractivity contribution in [2.75, 3.05) is 14.2 Å². The van der Waals surface area contributed by atoms with Crippen LogP contribution in [0.3, 0.4) is 0 Å². The van der Waals surface area contributed by atoms with E-state index in [0.29, 0.717) is 11.5 Å². The minimum atomic E-state index is -0.350. The van der Waals surface area contributed by atoms with Crippen molar-refractivity contribution in [3.05, 3.63) is 58.1 Å². The van der Waals surface area contributed by atoms with Crippen LogP contribution in [0.4, 0.5) is 0 Å². The molecule has 1 N–H and O–H groups in total. The lowest BCUT2D eigenvalue weighted by molar-refractivity contribution is 0.104. The van der Waals surface area contributed by atoms with Crippen molar-refractivity contribution in [3.8, 4) is 17.2 Å². The van der Waals surface area contributed by atoms with E-state index in [2.05, 4.69) is 15.9 Å². The minimum Gasteiger partial charge on any atom is -0.507 e. The molecule has 0 radical (unpaired) electrons. The highest BCUT2D eigenvalue weighted by atomic mass is 79.9. The third-order valence-electron chi connectivity index (χ3n) is 3.08. The van der Waals surface area contributed by atoms with E-state index < -0.39 is 0 Å². The predicted molar refractivity (Wildman–Crippen MR) is 88.7 cm³/mol. The Balaban J connectivity index is 2.35.